The number of halogens is 1. The molecule has 1 aromatic rings. The van der Waals surface area contributed by atoms with Crippen LogP contribution in [0.25, 0.3) is 0 Å². The van der Waals surface area contributed by atoms with Crippen LogP contribution in [0.5, 0.6) is 0 Å². The Bertz CT molecular complexity index is 539. The van der Waals surface area contributed by atoms with Gasteiger partial charge in [-0.3, -0.25) is 14.5 Å². The van der Waals surface area contributed by atoms with Crippen LogP contribution in [0.2, 0.25) is 5.02 Å². The van der Waals surface area contributed by atoms with Crippen molar-refractivity contribution in [2.75, 3.05) is 39.3 Å². The second-order valence-corrected chi connectivity index (χ2v) is 6.25. The molecular weight excluding hydrogens is 314 g/mol. The summed E-state index contributed by atoms with van der Waals surface area (Å²) in [6.45, 7) is 8.07. The molecule has 0 saturated carbocycles. The molecule has 0 bridgehead atoms. The molecule has 5 nitrogen and oxygen atoms in total. The minimum absolute atomic E-state index is 0.0787. The molecule has 0 atom stereocenters. The van der Waals surface area contributed by atoms with E-state index in [1.54, 1.807) is 11.8 Å². The van der Waals surface area contributed by atoms with Crippen LogP contribution >= 0.6 is 11.6 Å². The summed E-state index contributed by atoms with van der Waals surface area (Å²) in [7, 11) is 0. The Hall–Kier alpha value is -1.59. The number of carbonyl (C=O) groups is 2. The van der Waals surface area contributed by atoms with E-state index >= 15 is 0 Å². The third kappa shape index (κ3) is 5.22. The minimum atomic E-state index is 0.0787. The number of likely N-dealkylation sites (N-methyl/N-ethyl adjacent to an activating group) is 1. The number of carbonyl (C=O) groups excluding carboxylic acids is 2. The molecule has 1 aromatic carbocycles. The molecular formula is C17H24ClN3O2. The van der Waals surface area contributed by atoms with E-state index in [1.165, 1.54) is 0 Å². The monoisotopic (exact) mass is 337 g/mol. The maximum Gasteiger partial charge on any atom is 0.236 e. The van der Waals surface area contributed by atoms with Gasteiger partial charge in [-0.1, -0.05) is 30.7 Å². The van der Waals surface area contributed by atoms with E-state index in [0.717, 1.165) is 23.7 Å². The SMILES string of the molecule is CCN(CC(=O)N1CCN(C(C)=O)CC1)Cc1ccc(Cl)cc1. The van der Waals surface area contributed by atoms with Crippen molar-refractivity contribution in [1.82, 2.24) is 14.7 Å². The summed E-state index contributed by atoms with van der Waals surface area (Å²) >= 11 is 5.90. The Kier molecular flexibility index (Phi) is 6.42. The van der Waals surface area contributed by atoms with Crippen LogP contribution in [-0.2, 0) is 16.1 Å². The Balaban J connectivity index is 1.85. The number of rotatable bonds is 5. The van der Waals surface area contributed by atoms with E-state index in [1.807, 2.05) is 29.2 Å². The summed E-state index contributed by atoms with van der Waals surface area (Å²) in [5.41, 5.74) is 1.14. The lowest BCUT2D eigenvalue weighted by molar-refractivity contribution is -0.139. The molecule has 0 radical (unpaired) electrons. The second kappa shape index (κ2) is 8.31. The Morgan fingerprint density at radius 2 is 1.65 bits per heavy atom. The zero-order chi connectivity index (χ0) is 16.8. The van der Waals surface area contributed by atoms with Gasteiger partial charge in [0.25, 0.3) is 0 Å². The van der Waals surface area contributed by atoms with Gasteiger partial charge >= 0.3 is 0 Å². The van der Waals surface area contributed by atoms with Crippen LogP contribution in [0.1, 0.15) is 19.4 Å². The van der Waals surface area contributed by atoms with E-state index in [9.17, 15) is 9.59 Å². The average molecular weight is 338 g/mol. The molecule has 0 aliphatic carbocycles. The molecule has 1 saturated heterocycles. The minimum Gasteiger partial charge on any atom is -0.339 e. The summed E-state index contributed by atoms with van der Waals surface area (Å²) in [4.78, 5) is 29.5. The number of nitrogens with zero attached hydrogens (tertiary/aromatic N) is 3. The molecule has 0 unspecified atom stereocenters. The summed E-state index contributed by atoms with van der Waals surface area (Å²) in [5.74, 6) is 0.207. The Labute approximate surface area is 142 Å². The van der Waals surface area contributed by atoms with Gasteiger partial charge in [0.2, 0.25) is 11.8 Å². The molecule has 1 aliphatic heterocycles. The van der Waals surface area contributed by atoms with Gasteiger partial charge in [-0.25, -0.2) is 0 Å². The highest BCUT2D eigenvalue weighted by atomic mass is 35.5. The van der Waals surface area contributed by atoms with Crippen LogP contribution in [0.4, 0.5) is 0 Å². The molecule has 1 heterocycles. The third-order valence-electron chi connectivity index (χ3n) is 4.20. The molecule has 1 fully saturated rings. The van der Waals surface area contributed by atoms with Gasteiger partial charge in [0.05, 0.1) is 6.54 Å². The fourth-order valence-electron chi connectivity index (χ4n) is 2.69. The lowest BCUT2D eigenvalue weighted by Crippen LogP contribution is -2.52. The van der Waals surface area contributed by atoms with Crippen molar-refractivity contribution in [2.45, 2.75) is 20.4 Å². The molecule has 1 aliphatic rings. The first kappa shape index (κ1) is 17.8. The first-order valence-corrected chi connectivity index (χ1v) is 8.37. The molecule has 0 N–H and O–H groups in total. The lowest BCUT2D eigenvalue weighted by Gasteiger charge is -2.35. The van der Waals surface area contributed by atoms with Crippen LogP contribution in [0.15, 0.2) is 24.3 Å². The predicted molar refractivity (Wildman–Crippen MR) is 91.2 cm³/mol. The average Bonchev–Trinajstić information content (AvgIpc) is 2.56. The van der Waals surface area contributed by atoms with Crippen molar-refractivity contribution < 1.29 is 9.59 Å². The zero-order valence-corrected chi connectivity index (χ0v) is 14.6. The maximum absolute atomic E-state index is 12.4. The van der Waals surface area contributed by atoms with Crippen LogP contribution in [0.3, 0.4) is 0 Å². The summed E-state index contributed by atoms with van der Waals surface area (Å²) < 4.78 is 0. The van der Waals surface area contributed by atoms with Crippen molar-refractivity contribution in [3.63, 3.8) is 0 Å². The smallest absolute Gasteiger partial charge is 0.236 e. The summed E-state index contributed by atoms with van der Waals surface area (Å²) in [6.07, 6.45) is 0. The number of piperazine rings is 1. The molecule has 126 valence electrons. The molecule has 2 rings (SSSR count). The van der Waals surface area contributed by atoms with E-state index < -0.39 is 0 Å². The molecule has 0 spiro atoms. The number of amides is 2. The van der Waals surface area contributed by atoms with E-state index in [4.69, 9.17) is 11.6 Å². The Morgan fingerprint density at radius 1 is 1.09 bits per heavy atom. The van der Waals surface area contributed by atoms with Crippen molar-refractivity contribution >= 4 is 23.4 Å². The van der Waals surface area contributed by atoms with Gasteiger partial charge in [-0.2, -0.15) is 0 Å². The van der Waals surface area contributed by atoms with Gasteiger partial charge in [0, 0.05) is 44.7 Å². The van der Waals surface area contributed by atoms with Crippen molar-refractivity contribution in [3.8, 4) is 0 Å². The quantitative estimate of drug-likeness (QED) is 0.823. The largest absolute Gasteiger partial charge is 0.339 e. The molecule has 23 heavy (non-hydrogen) atoms. The summed E-state index contributed by atoms with van der Waals surface area (Å²) in [5, 5.41) is 0.719. The van der Waals surface area contributed by atoms with Gasteiger partial charge in [0.1, 0.15) is 0 Å². The van der Waals surface area contributed by atoms with Gasteiger partial charge in [0.15, 0.2) is 0 Å². The third-order valence-corrected chi connectivity index (χ3v) is 4.46. The van der Waals surface area contributed by atoms with Crippen LogP contribution < -0.4 is 0 Å². The Morgan fingerprint density at radius 3 is 2.17 bits per heavy atom. The van der Waals surface area contributed by atoms with E-state index in [-0.39, 0.29) is 11.8 Å². The first-order chi connectivity index (χ1) is 11.0. The normalized spacial score (nSPS) is 15.1. The number of hydrogen-bond donors (Lipinski definition) is 0. The summed E-state index contributed by atoms with van der Waals surface area (Å²) in [6, 6.07) is 7.71. The predicted octanol–water partition coefficient (Wildman–Crippen LogP) is 1.85. The number of benzene rings is 1. The van der Waals surface area contributed by atoms with E-state index in [2.05, 4.69) is 11.8 Å². The van der Waals surface area contributed by atoms with Crippen LogP contribution in [-0.4, -0.2) is 65.8 Å². The van der Waals surface area contributed by atoms with Gasteiger partial charge in [-0.05, 0) is 24.2 Å². The second-order valence-electron chi connectivity index (χ2n) is 5.82. The molecule has 2 amide bonds. The topological polar surface area (TPSA) is 43.9 Å². The van der Waals surface area contributed by atoms with Crippen molar-refractivity contribution in [1.29, 1.82) is 0 Å². The fraction of sp³-hybridized carbons (Fsp3) is 0.529. The fourth-order valence-corrected chi connectivity index (χ4v) is 2.82. The van der Waals surface area contributed by atoms with Gasteiger partial charge < -0.3 is 9.80 Å². The van der Waals surface area contributed by atoms with Crippen LogP contribution in [0, 0.1) is 0 Å². The van der Waals surface area contributed by atoms with Gasteiger partial charge in [-0.15, -0.1) is 0 Å². The van der Waals surface area contributed by atoms with Crippen molar-refractivity contribution in [2.24, 2.45) is 0 Å². The molecule has 6 heteroatoms. The van der Waals surface area contributed by atoms with Crippen molar-refractivity contribution in [3.05, 3.63) is 34.9 Å². The lowest BCUT2D eigenvalue weighted by atomic mass is 10.2. The zero-order valence-electron chi connectivity index (χ0n) is 13.8. The first-order valence-electron chi connectivity index (χ1n) is 7.99. The standard InChI is InChI=1S/C17H24ClN3O2/c1-3-19(12-15-4-6-16(18)7-5-15)13-17(23)21-10-8-20(9-11-21)14(2)22/h4-7H,3,8-13H2,1-2H3. The highest BCUT2D eigenvalue weighted by molar-refractivity contribution is 6.30. The van der Waals surface area contributed by atoms with E-state index in [0.29, 0.717) is 32.7 Å². The molecule has 0 aromatic heterocycles. The highest BCUT2D eigenvalue weighted by Gasteiger charge is 2.23. The highest BCUT2D eigenvalue weighted by Crippen LogP contribution is 2.12. The number of hydrogen-bond acceptors (Lipinski definition) is 3. The maximum atomic E-state index is 12.4.